The van der Waals surface area contributed by atoms with Gasteiger partial charge in [-0.25, -0.2) is 4.79 Å². The Hall–Kier alpha value is -1.52. The summed E-state index contributed by atoms with van der Waals surface area (Å²) in [6.07, 6.45) is 2.46. The number of carbonyl (C=O) groups excluding carboxylic acids is 2. The molecule has 62 valence electrons. The molecule has 0 fully saturated rings. The van der Waals surface area contributed by atoms with Gasteiger partial charge in [0.15, 0.2) is 0 Å². The van der Waals surface area contributed by atoms with Crippen molar-refractivity contribution in [3.05, 3.63) is 12.3 Å². The van der Waals surface area contributed by atoms with Gasteiger partial charge in [0.25, 0.3) is 0 Å². The van der Waals surface area contributed by atoms with Gasteiger partial charge in [-0.3, -0.25) is 4.79 Å². The van der Waals surface area contributed by atoms with Crippen molar-refractivity contribution in [2.45, 2.75) is 0 Å². The van der Waals surface area contributed by atoms with Gasteiger partial charge < -0.3 is 15.8 Å². The highest BCUT2D eigenvalue weighted by Gasteiger charge is 1.90. The van der Waals surface area contributed by atoms with Crippen molar-refractivity contribution in [2.24, 2.45) is 5.73 Å². The molecular formula is C6H10N2O3. The topological polar surface area (TPSA) is 81.4 Å². The number of amides is 1. The summed E-state index contributed by atoms with van der Waals surface area (Å²) >= 11 is 0. The lowest BCUT2D eigenvalue weighted by atomic mass is 10.6. The van der Waals surface area contributed by atoms with Gasteiger partial charge in [-0.05, 0) is 0 Å². The first-order valence-corrected chi connectivity index (χ1v) is 2.93. The molecule has 5 nitrogen and oxygen atoms in total. The van der Waals surface area contributed by atoms with E-state index >= 15 is 0 Å². The van der Waals surface area contributed by atoms with Gasteiger partial charge >= 0.3 is 5.97 Å². The average molecular weight is 158 g/mol. The van der Waals surface area contributed by atoms with Crippen LogP contribution in [0.3, 0.4) is 0 Å². The minimum Gasteiger partial charge on any atom is -0.466 e. The van der Waals surface area contributed by atoms with Crippen molar-refractivity contribution in [3.63, 3.8) is 0 Å². The van der Waals surface area contributed by atoms with Gasteiger partial charge in [-0.15, -0.1) is 0 Å². The first kappa shape index (κ1) is 9.48. The lowest BCUT2D eigenvalue weighted by molar-refractivity contribution is -0.134. The predicted molar refractivity (Wildman–Crippen MR) is 38.4 cm³/mol. The molecule has 0 aliphatic heterocycles. The van der Waals surface area contributed by atoms with Gasteiger partial charge in [-0.1, -0.05) is 0 Å². The molecule has 0 unspecified atom stereocenters. The number of rotatable bonds is 4. The minimum absolute atomic E-state index is 0.00743. The first-order valence-electron chi connectivity index (χ1n) is 2.93. The molecule has 3 N–H and O–H groups in total. The summed E-state index contributed by atoms with van der Waals surface area (Å²) in [6, 6.07) is 0. The van der Waals surface area contributed by atoms with Crippen LogP contribution in [0, 0.1) is 0 Å². The van der Waals surface area contributed by atoms with Crippen molar-refractivity contribution in [1.82, 2.24) is 5.32 Å². The highest BCUT2D eigenvalue weighted by Crippen LogP contribution is 1.73. The third kappa shape index (κ3) is 6.36. The summed E-state index contributed by atoms with van der Waals surface area (Å²) in [5, 5.41) is 2.49. The Bertz CT molecular complexity index is 177. The molecular weight excluding hydrogens is 148 g/mol. The van der Waals surface area contributed by atoms with Crippen molar-refractivity contribution in [3.8, 4) is 0 Å². The molecule has 0 heterocycles. The molecule has 11 heavy (non-hydrogen) atoms. The van der Waals surface area contributed by atoms with E-state index in [1.54, 1.807) is 0 Å². The summed E-state index contributed by atoms with van der Waals surface area (Å²) in [5.74, 6) is -0.971. The minimum atomic E-state index is -0.487. The van der Waals surface area contributed by atoms with E-state index in [9.17, 15) is 9.59 Å². The van der Waals surface area contributed by atoms with E-state index < -0.39 is 11.9 Å². The van der Waals surface area contributed by atoms with Crippen LogP contribution >= 0.6 is 0 Å². The molecule has 0 atom stereocenters. The fourth-order valence-electron chi connectivity index (χ4n) is 0.355. The molecule has 0 spiro atoms. The smallest absolute Gasteiger partial charge is 0.331 e. The quantitative estimate of drug-likeness (QED) is 0.395. The number of ether oxygens (including phenoxy) is 1. The Morgan fingerprint density at radius 1 is 1.64 bits per heavy atom. The van der Waals surface area contributed by atoms with Crippen LogP contribution in [0.25, 0.3) is 0 Å². The van der Waals surface area contributed by atoms with Crippen molar-refractivity contribution in [2.75, 3.05) is 13.7 Å². The van der Waals surface area contributed by atoms with E-state index in [1.165, 1.54) is 13.3 Å². The molecule has 0 radical (unpaired) electrons. The van der Waals surface area contributed by atoms with Crippen LogP contribution in [0.5, 0.6) is 0 Å². The number of hydrogen-bond donors (Lipinski definition) is 2. The van der Waals surface area contributed by atoms with Gasteiger partial charge in [-0.2, -0.15) is 0 Å². The van der Waals surface area contributed by atoms with E-state index in [0.29, 0.717) is 0 Å². The molecule has 0 aliphatic rings. The Balaban J connectivity index is 3.45. The Morgan fingerprint density at radius 2 is 2.27 bits per heavy atom. The van der Waals surface area contributed by atoms with Gasteiger partial charge in [0, 0.05) is 12.3 Å². The van der Waals surface area contributed by atoms with Crippen molar-refractivity contribution >= 4 is 11.9 Å². The zero-order chi connectivity index (χ0) is 8.69. The number of nitrogens with one attached hydrogen (secondary N) is 1. The summed E-state index contributed by atoms with van der Waals surface area (Å²) in [4.78, 5) is 20.5. The van der Waals surface area contributed by atoms with E-state index in [0.717, 1.165) is 6.08 Å². The standard InChI is InChI=1S/C6H10N2O3/c1-11-6(10)2-3-8-4-5(7)9/h2-3,8H,4H2,1H3,(H2,7,9)/b3-2+. The lowest BCUT2D eigenvalue weighted by Gasteiger charge is -1.93. The van der Waals surface area contributed by atoms with Gasteiger partial charge in [0.05, 0.1) is 13.7 Å². The molecule has 1 amide bonds. The second kappa shape index (κ2) is 5.28. The highest BCUT2D eigenvalue weighted by molar-refractivity contribution is 5.81. The molecule has 0 aromatic carbocycles. The number of carbonyl (C=O) groups is 2. The molecule has 0 saturated heterocycles. The van der Waals surface area contributed by atoms with Crippen LogP contribution in [0.2, 0.25) is 0 Å². The number of hydrogen-bond acceptors (Lipinski definition) is 4. The number of esters is 1. The SMILES string of the molecule is COC(=O)/C=C/NCC(N)=O. The van der Waals surface area contributed by atoms with Gasteiger partial charge in [0.2, 0.25) is 5.91 Å². The van der Waals surface area contributed by atoms with Crippen LogP contribution < -0.4 is 11.1 Å². The van der Waals surface area contributed by atoms with E-state index in [1.807, 2.05) is 0 Å². The number of primary amides is 1. The molecule has 0 aliphatic carbocycles. The Morgan fingerprint density at radius 3 is 2.73 bits per heavy atom. The van der Waals surface area contributed by atoms with Crippen LogP contribution in [0.1, 0.15) is 0 Å². The lowest BCUT2D eigenvalue weighted by Crippen LogP contribution is -2.25. The summed E-state index contributed by atoms with van der Waals surface area (Å²) in [7, 11) is 1.26. The van der Waals surface area contributed by atoms with E-state index in [4.69, 9.17) is 5.73 Å². The molecule has 0 bridgehead atoms. The maximum Gasteiger partial charge on any atom is 0.331 e. The van der Waals surface area contributed by atoms with Gasteiger partial charge in [0.1, 0.15) is 0 Å². The second-order valence-electron chi connectivity index (χ2n) is 1.70. The monoisotopic (exact) mass is 158 g/mol. The summed E-state index contributed by atoms with van der Waals surface area (Å²) in [6.45, 7) is 0.00743. The third-order valence-corrected chi connectivity index (χ3v) is 0.815. The van der Waals surface area contributed by atoms with Crippen molar-refractivity contribution in [1.29, 1.82) is 0 Å². The molecule has 0 aromatic rings. The van der Waals surface area contributed by atoms with Crippen molar-refractivity contribution < 1.29 is 14.3 Å². The van der Waals surface area contributed by atoms with Crippen LogP contribution in [0.15, 0.2) is 12.3 Å². The average Bonchev–Trinajstić information content (AvgIpc) is 1.97. The third-order valence-electron chi connectivity index (χ3n) is 0.815. The second-order valence-corrected chi connectivity index (χ2v) is 1.70. The molecule has 0 saturated carbocycles. The molecule has 0 rings (SSSR count). The Kier molecular flexibility index (Phi) is 4.55. The van der Waals surface area contributed by atoms with Crippen LogP contribution in [-0.2, 0) is 14.3 Å². The first-order chi connectivity index (χ1) is 5.16. The zero-order valence-electron chi connectivity index (χ0n) is 6.16. The number of nitrogens with two attached hydrogens (primary N) is 1. The maximum absolute atomic E-state index is 10.4. The normalized spacial score (nSPS) is 9.55. The summed E-state index contributed by atoms with van der Waals surface area (Å²) < 4.78 is 4.28. The predicted octanol–water partition coefficient (Wildman–Crippen LogP) is -1.25. The largest absolute Gasteiger partial charge is 0.466 e. The van der Waals surface area contributed by atoms with Crippen LogP contribution in [-0.4, -0.2) is 25.5 Å². The van der Waals surface area contributed by atoms with E-state index in [2.05, 4.69) is 10.1 Å². The highest BCUT2D eigenvalue weighted by atomic mass is 16.5. The fraction of sp³-hybridized carbons (Fsp3) is 0.333. The number of methoxy groups -OCH3 is 1. The zero-order valence-corrected chi connectivity index (χ0v) is 6.16. The van der Waals surface area contributed by atoms with Crippen LogP contribution in [0.4, 0.5) is 0 Å². The molecule has 5 heteroatoms. The molecule has 0 aromatic heterocycles. The maximum atomic E-state index is 10.4. The summed E-state index contributed by atoms with van der Waals surface area (Å²) in [5.41, 5.74) is 4.79. The van der Waals surface area contributed by atoms with E-state index in [-0.39, 0.29) is 6.54 Å². The Labute approximate surface area is 64.2 Å². The fourth-order valence-corrected chi connectivity index (χ4v) is 0.355.